The maximum absolute atomic E-state index is 5.44. The fourth-order valence-electron chi connectivity index (χ4n) is 0.178. The molecule has 0 aliphatic heterocycles. The molecule has 48 valence electrons. The molecular formula is C3H4Cl4Si. The lowest BCUT2D eigenvalue weighted by Crippen LogP contribution is -2.03. The predicted octanol–water partition coefficient (Wildman–Crippen LogP) is 2.98. The van der Waals surface area contributed by atoms with Crippen molar-refractivity contribution in [3.8, 4) is 0 Å². The highest BCUT2D eigenvalue weighted by atomic mass is 35.8. The van der Waals surface area contributed by atoms with Crippen LogP contribution in [-0.2, 0) is 0 Å². The summed E-state index contributed by atoms with van der Waals surface area (Å²) >= 11 is 21.6. The molecule has 0 saturated heterocycles. The monoisotopic (exact) mass is 208 g/mol. The average molecular weight is 210 g/mol. The van der Waals surface area contributed by atoms with E-state index in [4.69, 9.17) is 44.8 Å². The van der Waals surface area contributed by atoms with Crippen LogP contribution in [0.15, 0.2) is 11.8 Å². The average Bonchev–Trinajstić information content (AvgIpc) is 1.59. The van der Waals surface area contributed by atoms with E-state index < -0.39 is 6.00 Å². The summed E-state index contributed by atoms with van der Waals surface area (Å²) in [5, 5.41) is 0. The topological polar surface area (TPSA) is 0 Å². The van der Waals surface area contributed by atoms with Crippen LogP contribution in [0, 0.1) is 0 Å². The molecule has 0 unspecified atom stereocenters. The van der Waals surface area contributed by atoms with Crippen LogP contribution in [0.2, 0.25) is 0 Å². The molecule has 0 spiro atoms. The summed E-state index contributed by atoms with van der Waals surface area (Å²) in [7, 11) is 0. The van der Waals surface area contributed by atoms with Gasteiger partial charge in [-0.15, -0.1) is 44.8 Å². The molecule has 0 amide bonds. The first kappa shape index (κ1) is 9.12. The van der Waals surface area contributed by atoms with Gasteiger partial charge in [-0.05, 0) is 0 Å². The zero-order valence-corrected chi connectivity index (χ0v) is 7.90. The molecule has 0 fully saturated rings. The Hall–Kier alpha value is 1.12. The number of hydrogen-bond acceptors (Lipinski definition) is 0. The smallest absolute Gasteiger partial charge is 0.122 e. The lowest BCUT2D eigenvalue weighted by molar-refractivity contribution is 1.78. The second-order valence-corrected chi connectivity index (χ2v) is 9.93. The molecule has 0 aromatic heterocycles. The quantitative estimate of drug-likeness (QED) is 0.373. The molecule has 0 nitrogen and oxygen atoms in total. The Morgan fingerprint density at radius 2 is 1.75 bits per heavy atom. The summed E-state index contributed by atoms with van der Waals surface area (Å²) < 4.78 is 0. The van der Waals surface area contributed by atoms with E-state index in [0.29, 0.717) is 5.88 Å². The van der Waals surface area contributed by atoms with Crippen molar-refractivity contribution < 1.29 is 0 Å². The molecule has 0 saturated carbocycles. The molecule has 0 aromatic rings. The van der Waals surface area contributed by atoms with Crippen molar-refractivity contribution in [3.05, 3.63) is 11.8 Å². The first-order valence-electron chi connectivity index (χ1n) is 1.86. The molecular weight excluding hydrogens is 206 g/mol. The van der Waals surface area contributed by atoms with E-state index in [1.807, 2.05) is 0 Å². The second-order valence-electron chi connectivity index (χ2n) is 1.10. The molecule has 0 radical (unpaired) electrons. The minimum atomic E-state index is -2.53. The van der Waals surface area contributed by atoms with Gasteiger partial charge in [0.1, 0.15) is 0 Å². The van der Waals surface area contributed by atoms with Gasteiger partial charge in [-0.1, -0.05) is 11.8 Å². The zero-order valence-electron chi connectivity index (χ0n) is 3.87. The fourth-order valence-corrected chi connectivity index (χ4v) is 1.60. The third kappa shape index (κ3) is 7.12. The number of alkyl halides is 1. The lowest BCUT2D eigenvalue weighted by atomic mass is 10.8. The van der Waals surface area contributed by atoms with Gasteiger partial charge < -0.3 is 0 Å². The largest absolute Gasteiger partial charge is 0.365 e. The minimum Gasteiger partial charge on any atom is -0.122 e. The first-order chi connectivity index (χ1) is 3.56. The van der Waals surface area contributed by atoms with Gasteiger partial charge in [-0.2, -0.15) is 0 Å². The zero-order chi connectivity index (χ0) is 6.62. The van der Waals surface area contributed by atoms with Gasteiger partial charge in [0.25, 0.3) is 0 Å². The highest BCUT2D eigenvalue weighted by Gasteiger charge is 2.19. The maximum atomic E-state index is 5.44. The van der Waals surface area contributed by atoms with Crippen LogP contribution in [0.5, 0.6) is 0 Å². The van der Waals surface area contributed by atoms with Gasteiger partial charge in [0.2, 0.25) is 0 Å². The first-order valence-corrected chi connectivity index (χ1v) is 7.51. The molecule has 0 rings (SSSR count). The number of halogens is 4. The van der Waals surface area contributed by atoms with Crippen molar-refractivity contribution in [2.24, 2.45) is 0 Å². The van der Waals surface area contributed by atoms with Gasteiger partial charge in [-0.3, -0.25) is 0 Å². The Labute approximate surface area is 68.5 Å². The molecule has 0 aliphatic rings. The van der Waals surface area contributed by atoms with Crippen LogP contribution in [0.4, 0.5) is 0 Å². The highest BCUT2D eigenvalue weighted by molar-refractivity contribution is 7.66. The van der Waals surface area contributed by atoms with E-state index in [0.717, 1.165) is 0 Å². The minimum absolute atomic E-state index is 0.404. The highest BCUT2D eigenvalue weighted by Crippen LogP contribution is 2.20. The van der Waals surface area contributed by atoms with E-state index in [2.05, 4.69) is 0 Å². The van der Waals surface area contributed by atoms with Crippen LogP contribution in [-0.4, -0.2) is 11.9 Å². The Bertz CT molecular complexity index is 83.8. The van der Waals surface area contributed by atoms with Gasteiger partial charge in [-0.25, -0.2) is 0 Å². The van der Waals surface area contributed by atoms with E-state index in [9.17, 15) is 0 Å². The Balaban J connectivity index is 3.52. The van der Waals surface area contributed by atoms with Crippen LogP contribution < -0.4 is 0 Å². The number of hydrogen-bond donors (Lipinski definition) is 0. The van der Waals surface area contributed by atoms with Crippen LogP contribution in [0.3, 0.4) is 0 Å². The number of allylic oxidation sites excluding steroid dienone is 1. The van der Waals surface area contributed by atoms with Crippen molar-refractivity contribution >= 4 is 50.8 Å². The van der Waals surface area contributed by atoms with Gasteiger partial charge in [0.05, 0.1) is 0 Å². The summed E-state index contributed by atoms with van der Waals surface area (Å²) in [6.07, 6.45) is 1.64. The summed E-state index contributed by atoms with van der Waals surface area (Å²) in [4.78, 5) is 0. The van der Waals surface area contributed by atoms with Crippen LogP contribution in [0.25, 0.3) is 0 Å². The molecule has 0 aromatic carbocycles. The Morgan fingerprint density at radius 1 is 1.25 bits per heavy atom. The molecule has 0 heterocycles. The van der Waals surface area contributed by atoms with Crippen molar-refractivity contribution in [2.75, 3.05) is 5.88 Å². The SMILES string of the molecule is ClC/C=C/[Si](Cl)(Cl)Cl. The fraction of sp³-hybridized carbons (Fsp3) is 0.333. The molecule has 5 heteroatoms. The van der Waals surface area contributed by atoms with Crippen LogP contribution in [0.1, 0.15) is 0 Å². The summed E-state index contributed by atoms with van der Waals surface area (Å²) in [6, 6.07) is -2.53. The number of rotatable bonds is 2. The lowest BCUT2D eigenvalue weighted by Gasteiger charge is -1.95. The maximum Gasteiger partial charge on any atom is 0.365 e. The van der Waals surface area contributed by atoms with Gasteiger partial charge in [0, 0.05) is 5.88 Å². The Morgan fingerprint density at radius 3 is 1.88 bits per heavy atom. The van der Waals surface area contributed by atoms with Crippen molar-refractivity contribution in [2.45, 2.75) is 0 Å². The molecule has 0 aliphatic carbocycles. The normalized spacial score (nSPS) is 13.0. The molecule has 0 N–H and O–H groups in total. The molecule has 8 heavy (non-hydrogen) atoms. The van der Waals surface area contributed by atoms with E-state index in [-0.39, 0.29) is 0 Å². The van der Waals surface area contributed by atoms with Crippen molar-refractivity contribution in [1.29, 1.82) is 0 Å². The third-order valence-electron chi connectivity index (χ3n) is 0.396. The van der Waals surface area contributed by atoms with Crippen molar-refractivity contribution in [3.63, 3.8) is 0 Å². The van der Waals surface area contributed by atoms with E-state index in [1.165, 1.54) is 0 Å². The molecule has 0 atom stereocenters. The standard InChI is InChI=1S/C3H4Cl4Si/c4-2-1-3-8(5,6)7/h1,3H,2H2/b3-1+. The third-order valence-corrected chi connectivity index (χ3v) is 2.32. The summed E-state index contributed by atoms with van der Waals surface area (Å²) in [5.74, 6) is 0.404. The Kier molecular flexibility index (Phi) is 4.58. The van der Waals surface area contributed by atoms with E-state index in [1.54, 1.807) is 11.8 Å². The van der Waals surface area contributed by atoms with Crippen molar-refractivity contribution in [1.82, 2.24) is 0 Å². The predicted molar refractivity (Wildman–Crippen MR) is 43.2 cm³/mol. The molecule has 0 bridgehead atoms. The van der Waals surface area contributed by atoms with Crippen LogP contribution >= 0.6 is 44.8 Å². The second kappa shape index (κ2) is 4.02. The van der Waals surface area contributed by atoms with E-state index >= 15 is 0 Å². The van der Waals surface area contributed by atoms with Gasteiger partial charge in [0.15, 0.2) is 0 Å². The van der Waals surface area contributed by atoms with Gasteiger partial charge >= 0.3 is 6.00 Å². The summed E-state index contributed by atoms with van der Waals surface area (Å²) in [5.41, 5.74) is 1.55. The summed E-state index contributed by atoms with van der Waals surface area (Å²) in [6.45, 7) is 0.